The second-order valence-electron chi connectivity index (χ2n) is 6.39. The van der Waals surface area contributed by atoms with Crippen molar-refractivity contribution >= 4 is 0 Å². The second-order valence-corrected chi connectivity index (χ2v) is 6.39. The van der Waals surface area contributed by atoms with Gasteiger partial charge in [-0.25, -0.2) is 0 Å². The predicted octanol–water partition coefficient (Wildman–Crippen LogP) is 4.89. The molecule has 1 heterocycles. The zero-order chi connectivity index (χ0) is 16.0. The van der Waals surface area contributed by atoms with Crippen LogP contribution in [0.1, 0.15) is 84.5 Å². The third-order valence-corrected chi connectivity index (χ3v) is 4.30. The molecule has 0 aliphatic carbocycles. The maximum Gasteiger partial charge on any atom is 0.125 e. The number of allylic oxidation sites excluding steroid dienone is 2. The van der Waals surface area contributed by atoms with E-state index in [1.807, 2.05) is 24.2 Å². The zero-order valence-corrected chi connectivity index (χ0v) is 14.6. The number of nitrogens with one attached hydrogen (secondary N) is 1. The summed E-state index contributed by atoms with van der Waals surface area (Å²) in [5, 5.41) is 13.0. The van der Waals surface area contributed by atoms with Gasteiger partial charge in [-0.2, -0.15) is 0 Å². The lowest BCUT2D eigenvalue weighted by molar-refractivity contribution is 0.0254. The molecule has 0 saturated carbocycles. The highest BCUT2D eigenvalue weighted by Crippen LogP contribution is 2.16. The normalized spacial score (nSPS) is 19.0. The molecule has 22 heavy (non-hydrogen) atoms. The minimum absolute atomic E-state index is 0.287. The van der Waals surface area contributed by atoms with Crippen LogP contribution in [-0.4, -0.2) is 22.4 Å². The number of rotatable bonds is 13. The quantitative estimate of drug-likeness (QED) is 0.375. The number of nitrogens with zero attached hydrogens (tertiary/aromatic N) is 1. The average molecular weight is 309 g/mol. The van der Waals surface area contributed by atoms with Gasteiger partial charge in [0, 0.05) is 12.4 Å². The van der Waals surface area contributed by atoms with Crippen molar-refractivity contribution in [2.75, 3.05) is 0 Å². The monoisotopic (exact) mass is 308 g/mol. The zero-order valence-electron chi connectivity index (χ0n) is 14.6. The second kappa shape index (κ2) is 12.6. The summed E-state index contributed by atoms with van der Waals surface area (Å²) >= 11 is 0. The summed E-state index contributed by atoms with van der Waals surface area (Å²) in [7, 11) is 0. The van der Waals surface area contributed by atoms with Gasteiger partial charge in [-0.1, -0.05) is 57.6 Å². The van der Waals surface area contributed by atoms with Crippen LogP contribution in [0.2, 0.25) is 0 Å². The largest absolute Gasteiger partial charge is 0.374 e. The topological polar surface area (TPSA) is 35.5 Å². The number of hydrogen-bond acceptors (Lipinski definition) is 3. The van der Waals surface area contributed by atoms with Crippen molar-refractivity contribution in [2.45, 2.75) is 96.9 Å². The van der Waals surface area contributed by atoms with E-state index in [-0.39, 0.29) is 6.17 Å². The van der Waals surface area contributed by atoms with E-state index in [1.54, 1.807) is 0 Å². The summed E-state index contributed by atoms with van der Waals surface area (Å²) in [6.07, 6.45) is 22.7. The highest BCUT2D eigenvalue weighted by Gasteiger charge is 2.20. The van der Waals surface area contributed by atoms with Gasteiger partial charge in [-0.3, -0.25) is 0 Å². The fourth-order valence-corrected chi connectivity index (χ4v) is 2.93. The van der Waals surface area contributed by atoms with E-state index < -0.39 is 6.23 Å². The van der Waals surface area contributed by atoms with Crippen molar-refractivity contribution < 1.29 is 5.11 Å². The van der Waals surface area contributed by atoms with Crippen molar-refractivity contribution in [2.24, 2.45) is 0 Å². The molecule has 0 spiro atoms. The Morgan fingerprint density at radius 3 is 2.36 bits per heavy atom. The molecule has 3 nitrogen and oxygen atoms in total. The van der Waals surface area contributed by atoms with Crippen LogP contribution in [0.15, 0.2) is 24.6 Å². The Morgan fingerprint density at radius 1 is 1.05 bits per heavy atom. The van der Waals surface area contributed by atoms with E-state index in [1.165, 1.54) is 64.2 Å². The van der Waals surface area contributed by atoms with Crippen LogP contribution in [0.5, 0.6) is 0 Å². The van der Waals surface area contributed by atoms with Crippen LogP contribution in [-0.2, 0) is 0 Å². The van der Waals surface area contributed by atoms with E-state index in [4.69, 9.17) is 0 Å². The predicted molar refractivity (Wildman–Crippen MR) is 95.2 cm³/mol. The van der Waals surface area contributed by atoms with Crippen LogP contribution in [0.25, 0.3) is 0 Å². The number of aliphatic hydroxyl groups excluding tert-OH is 1. The molecule has 0 saturated heterocycles. The molecule has 128 valence electrons. The smallest absolute Gasteiger partial charge is 0.125 e. The maximum absolute atomic E-state index is 9.64. The molecule has 1 aliphatic rings. The summed E-state index contributed by atoms with van der Waals surface area (Å²) in [6, 6.07) is 0. The van der Waals surface area contributed by atoms with E-state index in [9.17, 15) is 5.11 Å². The fraction of sp³-hybridized carbons (Fsp3) is 0.789. The lowest BCUT2D eigenvalue weighted by Gasteiger charge is -2.28. The van der Waals surface area contributed by atoms with Gasteiger partial charge in [0.15, 0.2) is 0 Å². The fourth-order valence-electron chi connectivity index (χ4n) is 2.93. The molecule has 1 rings (SSSR count). The third kappa shape index (κ3) is 8.47. The van der Waals surface area contributed by atoms with Gasteiger partial charge >= 0.3 is 0 Å². The third-order valence-electron chi connectivity index (χ3n) is 4.30. The Balaban J connectivity index is 1.86. The lowest BCUT2D eigenvalue weighted by Crippen LogP contribution is -2.40. The molecule has 0 aromatic rings. The summed E-state index contributed by atoms with van der Waals surface area (Å²) in [5.74, 6) is 0. The van der Waals surface area contributed by atoms with Crippen LogP contribution < -0.4 is 5.32 Å². The molecule has 0 radical (unpaired) electrons. The minimum Gasteiger partial charge on any atom is -0.374 e. The first-order valence-corrected chi connectivity index (χ1v) is 9.29. The number of hydrogen-bond donors (Lipinski definition) is 2. The molecule has 1 aliphatic heterocycles. The van der Waals surface area contributed by atoms with Crippen molar-refractivity contribution in [3.63, 3.8) is 0 Å². The molecule has 3 heteroatoms. The Labute approximate surface area is 137 Å². The van der Waals surface area contributed by atoms with E-state index in [0.29, 0.717) is 0 Å². The summed E-state index contributed by atoms with van der Waals surface area (Å²) in [5.41, 5.74) is 0. The van der Waals surface area contributed by atoms with Crippen LogP contribution in [0, 0.1) is 0 Å². The molecule has 0 fully saturated rings. The van der Waals surface area contributed by atoms with Gasteiger partial charge in [0.1, 0.15) is 12.4 Å². The highest BCUT2D eigenvalue weighted by molar-refractivity contribution is 4.94. The standard InChI is InChI=1S/C19H36N2O/c1-3-4-5-6-7-8-9-10-11-12-13-14-15-19-20-16-17-21(19)18(2)22/h5-6,16-20,22H,3-4,7-15H2,1-2H3/b6-5+. The van der Waals surface area contributed by atoms with Gasteiger partial charge in [0.25, 0.3) is 0 Å². The van der Waals surface area contributed by atoms with E-state index in [0.717, 1.165) is 6.42 Å². The summed E-state index contributed by atoms with van der Waals surface area (Å²) in [4.78, 5) is 1.99. The maximum atomic E-state index is 9.64. The van der Waals surface area contributed by atoms with Crippen molar-refractivity contribution in [1.82, 2.24) is 10.2 Å². The summed E-state index contributed by atoms with van der Waals surface area (Å²) < 4.78 is 0. The van der Waals surface area contributed by atoms with E-state index in [2.05, 4.69) is 24.4 Å². The molecule has 2 N–H and O–H groups in total. The first-order valence-electron chi connectivity index (χ1n) is 9.29. The molecule has 2 atom stereocenters. The van der Waals surface area contributed by atoms with Gasteiger partial charge in [-0.15, -0.1) is 0 Å². The number of unbranched alkanes of at least 4 members (excludes halogenated alkanes) is 8. The highest BCUT2D eigenvalue weighted by atomic mass is 16.3. The molecular formula is C19H36N2O. The van der Waals surface area contributed by atoms with Gasteiger partial charge in [-0.05, 0) is 39.0 Å². The summed E-state index contributed by atoms with van der Waals surface area (Å²) in [6.45, 7) is 4.05. The molecule has 0 amide bonds. The van der Waals surface area contributed by atoms with Crippen molar-refractivity contribution in [3.8, 4) is 0 Å². The van der Waals surface area contributed by atoms with Gasteiger partial charge in [0.05, 0.1) is 0 Å². The first-order chi connectivity index (χ1) is 10.8. The van der Waals surface area contributed by atoms with Gasteiger partial charge in [0.2, 0.25) is 0 Å². The SMILES string of the molecule is CCC/C=C/CCCCCCCCCC1NC=CN1C(C)O. The van der Waals surface area contributed by atoms with Crippen LogP contribution in [0.4, 0.5) is 0 Å². The number of aliphatic hydroxyl groups is 1. The Morgan fingerprint density at radius 2 is 1.68 bits per heavy atom. The molecule has 2 unspecified atom stereocenters. The Hall–Kier alpha value is -0.960. The first kappa shape index (κ1) is 19.1. The molecule has 0 aromatic heterocycles. The van der Waals surface area contributed by atoms with Crippen LogP contribution >= 0.6 is 0 Å². The minimum atomic E-state index is -0.400. The van der Waals surface area contributed by atoms with Crippen molar-refractivity contribution in [1.29, 1.82) is 0 Å². The average Bonchev–Trinajstić information content (AvgIpc) is 2.97. The van der Waals surface area contributed by atoms with Gasteiger partial charge < -0.3 is 15.3 Å². The van der Waals surface area contributed by atoms with Crippen LogP contribution in [0.3, 0.4) is 0 Å². The lowest BCUT2D eigenvalue weighted by atomic mass is 10.1. The Kier molecular flexibility index (Phi) is 10.9. The van der Waals surface area contributed by atoms with E-state index >= 15 is 0 Å². The Bertz CT molecular complexity index is 313. The molecular weight excluding hydrogens is 272 g/mol. The van der Waals surface area contributed by atoms with Crippen molar-refractivity contribution in [3.05, 3.63) is 24.6 Å². The molecule has 0 aromatic carbocycles. The molecule has 0 bridgehead atoms.